The third-order valence-corrected chi connectivity index (χ3v) is 2.79. The molecule has 0 aliphatic rings. The molecule has 0 saturated carbocycles. The molecule has 0 unspecified atom stereocenters. The predicted molar refractivity (Wildman–Crippen MR) is 60.1 cm³/mol. The molecule has 2 rings (SSSR count). The van der Waals surface area contributed by atoms with Crippen LogP contribution in [0.1, 0.15) is 0 Å². The zero-order valence-corrected chi connectivity index (χ0v) is 10.4. The maximum atomic E-state index is 13.7. The molecular weight excluding hydrogens is 320 g/mol. The summed E-state index contributed by atoms with van der Waals surface area (Å²) < 4.78 is 40.6. The summed E-state index contributed by atoms with van der Waals surface area (Å²) in [5, 5.41) is -0.292. The molecule has 1 heterocycles. The molecule has 0 fully saturated rings. The van der Waals surface area contributed by atoms with Crippen molar-refractivity contribution < 1.29 is 13.2 Å². The fourth-order valence-corrected chi connectivity index (χ4v) is 1.73. The van der Waals surface area contributed by atoms with Crippen molar-refractivity contribution in [2.45, 2.75) is 0 Å². The summed E-state index contributed by atoms with van der Waals surface area (Å²) in [4.78, 5) is 6.85. The molecule has 0 radical (unpaired) electrons. The average Bonchev–Trinajstić information content (AvgIpc) is 2.29. The molecule has 2 aromatic rings. The molecule has 0 aliphatic heterocycles. The standard InChI is InChI=1S/C10H3BrClF3N2/c11-4-1-2-5(13)7(8(4)15)9-6(14)3-16-10(12)17-9/h1-3H. The molecule has 0 saturated heterocycles. The maximum Gasteiger partial charge on any atom is 0.223 e. The Morgan fingerprint density at radius 2 is 1.82 bits per heavy atom. The highest BCUT2D eigenvalue weighted by atomic mass is 79.9. The molecule has 0 spiro atoms. The molecule has 0 bridgehead atoms. The summed E-state index contributed by atoms with van der Waals surface area (Å²) in [7, 11) is 0. The number of nitrogens with zero attached hydrogens (tertiary/aromatic N) is 2. The first-order valence-electron chi connectivity index (χ1n) is 4.32. The highest BCUT2D eigenvalue weighted by molar-refractivity contribution is 9.10. The summed E-state index contributed by atoms with van der Waals surface area (Å²) in [5.74, 6) is -2.83. The highest BCUT2D eigenvalue weighted by Crippen LogP contribution is 2.31. The lowest BCUT2D eigenvalue weighted by atomic mass is 10.1. The van der Waals surface area contributed by atoms with E-state index in [4.69, 9.17) is 11.6 Å². The van der Waals surface area contributed by atoms with E-state index in [1.54, 1.807) is 0 Å². The Hall–Kier alpha value is -1.14. The fourth-order valence-electron chi connectivity index (χ4n) is 1.27. The van der Waals surface area contributed by atoms with Crippen LogP contribution in [0.4, 0.5) is 13.2 Å². The molecule has 1 aromatic carbocycles. The van der Waals surface area contributed by atoms with Gasteiger partial charge in [-0.05, 0) is 39.7 Å². The summed E-state index contributed by atoms with van der Waals surface area (Å²) >= 11 is 8.35. The van der Waals surface area contributed by atoms with Crippen LogP contribution < -0.4 is 0 Å². The van der Waals surface area contributed by atoms with Crippen molar-refractivity contribution >= 4 is 27.5 Å². The lowest BCUT2D eigenvalue weighted by molar-refractivity contribution is 0.574. The monoisotopic (exact) mass is 322 g/mol. The normalized spacial score (nSPS) is 10.6. The van der Waals surface area contributed by atoms with Gasteiger partial charge in [0, 0.05) is 0 Å². The van der Waals surface area contributed by atoms with E-state index < -0.39 is 28.7 Å². The van der Waals surface area contributed by atoms with Crippen LogP contribution >= 0.6 is 27.5 Å². The summed E-state index contributed by atoms with van der Waals surface area (Å²) in [5.41, 5.74) is -1.09. The quantitative estimate of drug-likeness (QED) is 0.586. The van der Waals surface area contributed by atoms with Gasteiger partial charge in [0.15, 0.2) is 5.82 Å². The van der Waals surface area contributed by atoms with Gasteiger partial charge in [0.25, 0.3) is 0 Å². The number of rotatable bonds is 1. The number of hydrogen-bond donors (Lipinski definition) is 0. The molecule has 0 amide bonds. The van der Waals surface area contributed by atoms with E-state index >= 15 is 0 Å². The van der Waals surface area contributed by atoms with Gasteiger partial charge >= 0.3 is 0 Å². The number of aromatic nitrogens is 2. The van der Waals surface area contributed by atoms with Crippen LogP contribution in [0.3, 0.4) is 0 Å². The van der Waals surface area contributed by atoms with Crippen LogP contribution in [0, 0.1) is 17.5 Å². The van der Waals surface area contributed by atoms with E-state index in [0.29, 0.717) is 0 Å². The van der Waals surface area contributed by atoms with E-state index in [-0.39, 0.29) is 9.76 Å². The molecule has 0 atom stereocenters. The topological polar surface area (TPSA) is 25.8 Å². The lowest BCUT2D eigenvalue weighted by Crippen LogP contribution is -1.98. The molecule has 7 heteroatoms. The summed E-state index contributed by atoms with van der Waals surface area (Å²) in [6.07, 6.45) is 0.754. The van der Waals surface area contributed by atoms with Gasteiger partial charge in [0.2, 0.25) is 5.28 Å². The fraction of sp³-hybridized carbons (Fsp3) is 0. The average molecular weight is 323 g/mol. The highest BCUT2D eigenvalue weighted by Gasteiger charge is 2.19. The number of hydrogen-bond acceptors (Lipinski definition) is 2. The van der Waals surface area contributed by atoms with Crippen LogP contribution in [0.15, 0.2) is 22.8 Å². The van der Waals surface area contributed by atoms with Gasteiger partial charge in [-0.1, -0.05) is 0 Å². The summed E-state index contributed by atoms with van der Waals surface area (Å²) in [6.45, 7) is 0. The number of halogens is 5. The van der Waals surface area contributed by atoms with Gasteiger partial charge in [-0.3, -0.25) is 0 Å². The second kappa shape index (κ2) is 4.62. The second-order valence-corrected chi connectivity index (χ2v) is 4.25. The van der Waals surface area contributed by atoms with Crippen molar-refractivity contribution in [2.24, 2.45) is 0 Å². The van der Waals surface area contributed by atoms with Gasteiger partial charge in [0.1, 0.15) is 17.3 Å². The zero-order valence-electron chi connectivity index (χ0n) is 8.02. The van der Waals surface area contributed by atoms with Crippen LogP contribution in [-0.4, -0.2) is 9.97 Å². The first-order valence-corrected chi connectivity index (χ1v) is 5.49. The largest absolute Gasteiger partial charge is 0.223 e. The van der Waals surface area contributed by atoms with Gasteiger partial charge in [-0.2, -0.15) is 0 Å². The van der Waals surface area contributed by atoms with Crippen LogP contribution in [0.25, 0.3) is 11.3 Å². The molecule has 0 aliphatic carbocycles. The first kappa shape index (κ1) is 12.3. The molecule has 17 heavy (non-hydrogen) atoms. The Morgan fingerprint density at radius 3 is 2.53 bits per heavy atom. The van der Waals surface area contributed by atoms with Crippen molar-refractivity contribution in [1.82, 2.24) is 9.97 Å². The Morgan fingerprint density at radius 1 is 1.12 bits per heavy atom. The Bertz CT molecular complexity index is 592. The molecule has 0 N–H and O–H groups in total. The molecule has 1 aromatic heterocycles. The first-order chi connectivity index (χ1) is 8.00. The smallest absolute Gasteiger partial charge is 0.223 e. The number of benzene rings is 1. The van der Waals surface area contributed by atoms with E-state index in [1.807, 2.05) is 0 Å². The predicted octanol–water partition coefficient (Wildman–Crippen LogP) is 3.98. The minimum atomic E-state index is -0.953. The van der Waals surface area contributed by atoms with Gasteiger partial charge in [-0.15, -0.1) is 0 Å². The van der Waals surface area contributed by atoms with Crippen molar-refractivity contribution in [3.8, 4) is 11.3 Å². The van der Waals surface area contributed by atoms with E-state index in [2.05, 4.69) is 25.9 Å². The van der Waals surface area contributed by atoms with Gasteiger partial charge < -0.3 is 0 Å². The van der Waals surface area contributed by atoms with Gasteiger partial charge in [-0.25, -0.2) is 23.1 Å². The van der Waals surface area contributed by atoms with Crippen molar-refractivity contribution in [3.63, 3.8) is 0 Å². The Balaban J connectivity index is 2.76. The van der Waals surface area contributed by atoms with E-state index in [0.717, 1.165) is 12.3 Å². The van der Waals surface area contributed by atoms with Crippen LogP contribution in [-0.2, 0) is 0 Å². The molecular formula is C10H3BrClF3N2. The van der Waals surface area contributed by atoms with Crippen LogP contribution in [0.5, 0.6) is 0 Å². The maximum absolute atomic E-state index is 13.7. The minimum Gasteiger partial charge on any atom is -0.223 e. The van der Waals surface area contributed by atoms with Gasteiger partial charge in [0.05, 0.1) is 16.2 Å². The zero-order chi connectivity index (χ0) is 12.6. The third kappa shape index (κ3) is 2.28. The third-order valence-electron chi connectivity index (χ3n) is 2.00. The molecule has 88 valence electrons. The van der Waals surface area contributed by atoms with Crippen molar-refractivity contribution in [1.29, 1.82) is 0 Å². The van der Waals surface area contributed by atoms with Crippen LogP contribution in [0.2, 0.25) is 5.28 Å². The minimum absolute atomic E-state index is 0.00281. The SMILES string of the molecule is Fc1cnc(Cl)nc1-c1c(F)ccc(Br)c1F. The van der Waals surface area contributed by atoms with Crippen molar-refractivity contribution in [2.75, 3.05) is 0 Å². The van der Waals surface area contributed by atoms with Crippen molar-refractivity contribution in [3.05, 3.63) is 45.5 Å². The Labute approximate surface area is 108 Å². The second-order valence-electron chi connectivity index (χ2n) is 3.05. The summed E-state index contributed by atoms with van der Waals surface area (Å²) in [6, 6.07) is 2.17. The van der Waals surface area contributed by atoms with E-state index in [9.17, 15) is 13.2 Å². The Kier molecular flexibility index (Phi) is 3.35. The van der Waals surface area contributed by atoms with E-state index in [1.165, 1.54) is 6.07 Å². The molecule has 2 nitrogen and oxygen atoms in total. The lowest BCUT2D eigenvalue weighted by Gasteiger charge is -2.06.